The van der Waals surface area contributed by atoms with Crippen LogP contribution in [-0.2, 0) is 9.59 Å². The zero-order chi connectivity index (χ0) is 16.8. The summed E-state index contributed by atoms with van der Waals surface area (Å²) in [4.78, 5) is 28.8. The van der Waals surface area contributed by atoms with E-state index in [1.54, 1.807) is 0 Å². The van der Waals surface area contributed by atoms with Gasteiger partial charge in [0.1, 0.15) is 0 Å². The molecule has 130 valence electrons. The first-order valence-corrected chi connectivity index (χ1v) is 9.08. The van der Waals surface area contributed by atoms with E-state index in [1.165, 1.54) is 19.3 Å². The van der Waals surface area contributed by atoms with Gasteiger partial charge in [-0.15, -0.1) is 0 Å². The number of piperazine rings is 1. The van der Waals surface area contributed by atoms with Gasteiger partial charge in [-0.05, 0) is 25.0 Å². The van der Waals surface area contributed by atoms with Gasteiger partial charge in [0.25, 0.3) is 0 Å². The van der Waals surface area contributed by atoms with Crippen LogP contribution in [0.5, 0.6) is 0 Å². The van der Waals surface area contributed by atoms with Gasteiger partial charge in [-0.2, -0.15) is 0 Å². The number of amides is 2. The summed E-state index contributed by atoms with van der Waals surface area (Å²) in [6.45, 7) is 3.43. The molecule has 2 fully saturated rings. The van der Waals surface area contributed by atoms with Crippen molar-refractivity contribution in [3.05, 3.63) is 30.3 Å². The van der Waals surface area contributed by atoms with Crippen LogP contribution in [0.1, 0.15) is 32.1 Å². The number of anilines is 1. The van der Waals surface area contributed by atoms with Crippen molar-refractivity contribution < 1.29 is 9.59 Å². The van der Waals surface area contributed by atoms with E-state index < -0.39 is 0 Å². The van der Waals surface area contributed by atoms with E-state index in [0.29, 0.717) is 12.5 Å². The molecule has 1 aliphatic carbocycles. The summed E-state index contributed by atoms with van der Waals surface area (Å²) >= 11 is 0. The lowest BCUT2D eigenvalue weighted by molar-refractivity contribution is -0.138. The first-order chi connectivity index (χ1) is 11.7. The fourth-order valence-electron chi connectivity index (χ4n) is 3.66. The molecule has 5 heteroatoms. The molecule has 0 spiro atoms. The Kier molecular flexibility index (Phi) is 5.86. The Morgan fingerprint density at radius 3 is 2.29 bits per heavy atom. The number of rotatable bonds is 4. The van der Waals surface area contributed by atoms with Crippen LogP contribution in [0, 0.1) is 5.92 Å². The maximum absolute atomic E-state index is 12.6. The highest BCUT2D eigenvalue weighted by Crippen LogP contribution is 2.25. The van der Waals surface area contributed by atoms with E-state index in [-0.39, 0.29) is 11.8 Å². The second-order valence-electron chi connectivity index (χ2n) is 6.85. The summed E-state index contributed by atoms with van der Waals surface area (Å²) < 4.78 is 0. The Morgan fingerprint density at radius 2 is 1.62 bits per heavy atom. The highest BCUT2D eigenvalue weighted by Gasteiger charge is 2.28. The van der Waals surface area contributed by atoms with Crippen molar-refractivity contribution >= 4 is 17.5 Å². The zero-order valence-corrected chi connectivity index (χ0v) is 14.2. The molecule has 3 rings (SSSR count). The van der Waals surface area contributed by atoms with Gasteiger partial charge >= 0.3 is 0 Å². The quantitative estimate of drug-likeness (QED) is 0.922. The topological polar surface area (TPSA) is 52.7 Å². The van der Waals surface area contributed by atoms with Gasteiger partial charge in [0.05, 0.1) is 6.54 Å². The lowest BCUT2D eigenvalue weighted by atomic mass is 9.88. The molecule has 1 aliphatic heterocycles. The summed E-state index contributed by atoms with van der Waals surface area (Å²) in [5.41, 5.74) is 0.827. The van der Waals surface area contributed by atoms with Crippen LogP contribution in [0.4, 0.5) is 5.69 Å². The Hall–Kier alpha value is -1.88. The molecule has 1 saturated carbocycles. The SMILES string of the molecule is O=C(CN1CCN(C(=O)C2CCCCC2)CC1)Nc1ccccc1. The van der Waals surface area contributed by atoms with Crippen molar-refractivity contribution in [2.45, 2.75) is 32.1 Å². The minimum Gasteiger partial charge on any atom is -0.340 e. The van der Waals surface area contributed by atoms with E-state index >= 15 is 0 Å². The number of para-hydroxylation sites is 1. The third kappa shape index (κ3) is 4.57. The van der Waals surface area contributed by atoms with Crippen molar-refractivity contribution in [2.24, 2.45) is 5.92 Å². The van der Waals surface area contributed by atoms with Crippen molar-refractivity contribution in [1.82, 2.24) is 9.80 Å². The maximum Gasteiger partial charge on any atom is 0.238 e. The molecule has 0 radical (unpaired) electrons. The van der Waals surface area contributed by atoms with E-state index in [0.717, 1.165) is 44.7 Å². The van der Waals surface area contributed by atoms with Crippen molar-refractivity contribution in [3.8, 4) is 0 Å². The molecular weight excluding hydrogens is 302 g/mol. The molecule has 5 nitrogen and oxygen atoms in total. The molecule has 1 N–H and O–H groups in total. The molecule has 0 aromatic heterocycles. The summed E-state index contributed by atoms with van der Waals surface area (Å²) in [6, 6.07) is 9.52. The van der Waals surface area contributed by atoms with Gasteiger partial charge in [0.15, 0.2) is 0 Å². The van der Waals surface area contributed by atoms with E-state index in [2.05, 4.69) is 10.2 Å². The van der Waals surface area contributed by atoms with E-state index in [9.17, 15) is 9.59 Å². The number of hydrogen-bond donors (Lipinski definition) is 1. The van der Waals surface area contributed by atoms with Crippen LogP contribution >= 0.6 is 0 Å². The van der Waals surface area contributed by atoms with Crippen LogP contribution in [0.3, 0.4) is 0 Å². The molecule has 1 aromatic rings. The monoisotopic (exact) mass is 329 g/mol. The third-order valence-electron chi connectivity index (χ3n) is 5.06. The maximum atomic E-state index is 12.6. The van der Waals surface area contributed by atoms with Gasteiger partial charge in [0, 0.05) is 37.8 Å². The Labute approximate surface area is 144 Å². The Balaban J connectivity index is 1.41. The first kappa shape index (κ1) is 17.0. The fraction of sp³-hybridized carbons (Fsp3) is 0.579. The van der Waals surface area contributed by atoms with E-state index in [4.69, 9.17) is 0 Å². The minimum absolute atomic E-state index is 0.00765. The predicted octanol–water partition coefficient (Wildman–Crippen LogP) is 2.35. The molecule has 1 aromatic carbocycles. The van der Waals surface area contributed by atoms with Gasteiger partial charge < -0.3 is 10.2 Å². The van der Waals surface area contributed by atoms with Crippen molar-refractivity contribution in [2.75, 3.05) is 38.0 Å². The van der Waals surface area contributed by atoms with E-state index in [1.807, 2.05) is 35.2 Å². The van der Waals surface area contributed by atoms with Crippen LogP contribution in [0.2, 0.25) is 0 Å². The third-order valence-corrected chi connectivity index (χ3v) is 5.06. The number of carbonyl (C=O) groups excluding carboxylic acids is 2. The van der Waals surface area contributed by atoms with Gasteiger partial charge in [0.2, 0.25) is 11.8 Å². The summed E-state index contributed by atoms with van der Waals surface area (Å²) in [7, 11) is 0. The first-order valence-electron chi connectivity index (χ1n) is 9.08. The number of benzene rings is 1. The lowest BCUT2D eigenvalue weighted by Gasteiger charge is -2.36. The van der Waals surface area contributed by atoms with Gasteiger partial charge in [-0.1, -0.05) is 37.5 Å². The number of nitrogens with one attached hydrogen (secondary N) is 1. The standard InChI is InChI=1S/C19H27N3O2/c23-18(20-17-9-5-2-6-10-17)15-21-11-13-22(14-12-21)19(24)16-7-3-1-4-8-16/h2,5-6,9-10,16H,1,3-4,7-8,11-15H2,(H,20,23). The molecule has 0 bridgehead atoms. The molecule has 0 atom stereocenters. The Bertz CT molecular complexity index is 547. The number of nitrogens with zero attached hydrogens (tertiary/aromatic N) is 2. The minimum atomic E-state index is 0.00765. The summed E-state index contributed by atoms with van der Waals surface area (Å²) in [5.74, 6) is 0.586. The lowest BCUT2D eigenvalue weighted by Crippen LogP contribution is -2.52. The fourth-order valence-corrected chi connectivity index (χ4v) is 3.66. The van der Waals surface area contributed by atoms with Crippen LogP contribution in [0.15, 0.2) is 30.3 Å². The smallest absolute Gasteiger partial charge is 0.238 e. The molecule has 1 heterocycles. The molecule has 1 saturated heterocycles. The molecular formula is C19H27N3O2. The normalized spacial score (nSPS) is 19.9. The summed E-state index contributed by atoms with van der Waals surface area (Å²) in [5, 5.41) is 2.91. The summed E-state index contributed by atoms with van der Waals surface area (Å²) in [6.07, 6.45) is 5.76. The largest absolute Gasteiger partial charge is 0.340 e. The van der Waals surface area contributed by atoms with Crippen molar-refractivity contribution in [3.63, 3.8) is 0 Å². The molecule has 24 heavy (non-hydrogen) atoms. The Morgan fingerprint density at radius 1 is 0.958 bits per heavy atom. The number of carbonyl (C=O) groups is 2. The highest BCUT2D eigenvalue weighted by molar-refractivity contribution is 5.92. The molecule has 0 unspecified atom stereocenters. The van der Waals surface area contributed by atoms with Crippen LogP contribution in [0.25, 0.3) is 0 Å². The van der Waals surface area contributed by atoms with Gasteiger partial charge in [-0.3, -0.25) is 14.5 Å². The molecule has 2 aliphatic rings. The average Bonchev–Trinajstić information content (AvgIpc) is 2.63. The predicted molar refractivity (Wildman–Crippen MR) is 94.7 cm³/mol. The van der Waals surface area contributed by atoms with Crippen LogP contribution in [-0.4, -0.2) is 54.3 Å². The van der Waals surface area contributed by atoms with Crippen LogP contribution < -0.4 is 5.32 Å². The molecule has 2 amide bonds. The zero-order valence-electron chi connectivity index (χ0n) is 14.2. The van der Waals surface area contributed by atoms with Gasteiger partial charge in [-0.25, -0.2) is 0 Å². The second kappa shape index (κ2) is 8.29. The highest BCUT2D eigenvalue weighted by atomic mass is 16.2. The average molecular weight is 329 g/mol. The van der Waals surface area contributed by atoms with Crippen molar-refractivity contribution in [1.29, 1.82) is 0 Å². The number of hydrogen-bond acceptors (Lipinski definition) is 3. The second-order valence-corrected chi connectivity index (χ2v) is 6.85.